The molecule has 11 nitrogen and oxygen atoms in total. The van der Waals surface area contributed by atoms with Crippen LogP contribution in [0.25, 0.3) is 0 Å². The molecule has 3 aliphatic heterocycles. The number of nitrogens with one attached hydrogen (secondary N) is 1. The van der Waals surface area contributed by atoms with Crippen molar-refractivity contribution in [2.45, 2.75) is 0 Å². The maximum absolute atomic E-state index is 10.8. The van der Waals surface area contributed by atoms with Gasteiger partial charge >= 0.3 is 0 Å². The largest absolute Gasteiger partial charge is 0.344 e. The molecule has 3 N–H and O–H groups in total. The molecule has 3 aliphatic rings. The maximum atomic E-state index is 10.8. The lowest BCUT2D eigenvalue weighted by Gasteiger charge is -2.29. The first-order valence-corrected chi connectivity index (χ1v) is 4.58. The Morgan fingerprint density at radius 3 is 2.59 bits per heavy atom. The van der Waals surface area contributed by atoms with Gasteiger partial charge in [0.15, 0.2) is 17.5 Å². The van der Waals surface area contributed by atoms with Crippen molar-refractivity contribution >= 4 is 11.7 Å². The predicted octanol–water partition coefficient (Wildman–Crippen LogP) is -1.67. The molecule has 0 aromatic heterocycles. The van der Waals surface area contributed by atoms with E-state index in [-0.39, 0.29) is 36.7 Å². The van der Waals surface area contributed by atoms with Crippen LogP contribution in [0.2, 0.25) is 0 Å². The molecule has 0 atom stereocenters. The summed E-state index contributed by atoms with van der Waals surface area (Å²) in [6.07, 6.45) is 0. The number of fused-ring (bicyclic) bond motifs is 1. The van der Waals surface area contributed by atoms with Gasteiger partial charge in [0.25, 0.3) is 0 Å². The molecular formula is C6H7N7O4. The number of hydrogen-bond donors (Lipinski definition) is 3. The molecule has 0 unspecified atom stereocenters. The van der Waals surface area contributed by atoms with E-state index >= 15 is 0 Å². The first-order valence-electron chi connectivity index (χ1n) is 4.58. The number of nitrogens with zero attached hydrogens (tertiary/aromatic N) is 6. The Kier molecular flexibility index (Phi) is 1.76. The Labute approximate surface area is 93.6 Å². The van der Waals surface area contributed by atoms with Gasteiger partial charge in [0, 0.05) is 0 Å². The topological polar surface area (TPSA) is 130 Å². The molecule has 0 spiro atoms. The van der Waals surface area contributed by atoms with Crippen LogP contribution in [0.1, 0.15) is 0 Å². The van der Waals surface area contributed by atoms with E-state index in [1.807, 2.05) is 0 Å². The van der Waals surface area contributed by atoms with Crippen LogP contribution in [0.3, 0.4) is 0 Å². The van der Waals surface area contributed by atoms with Crippen molar-refractivity contribution in [2.75, 3.05) is 13.3 Å². The van der Waals surface area contributed by atoms with Crippen molar-refractivity contribution < 1.29 is 15.4 Å². The Morgan fingerprint density at radius 1 is 1.29 bits per heavy atom. The second kappa shape index (κ2) is 3.05. The van der Waals surface area contributed by atoms with Crippen molar-refractivity contribution in [3.8, 4) is 0 Å². The van der Waals surface area contributed by atoms with Crippen LogP contribution < -0.4 is 5.32 Å². The molecule has 0 amide bonds. The predicted molar refractivity (Wildman–Crippen MR) is 50.9 cm³/mol. The number of amidine groups is 2. The summed E-state index contributed by atoms with van der Waals surface area (Å²) in [7, 11) is 0. The fraction of sp³-hybridized carbons (Fsp3) is 0.333. The van der Waals surface area contributed by atoms with Crippen LogP contribution in [0.15, 0.2) is 21.6 Å². The summed E-state index contributed by atoms with van der Waals surface area (Å²) in [4.78, 5) is 18.4. The van der Waals surface area contributed by atoms with Gasteiger partial charge in [0.2, 0.25) is 17.5 Å². The van der Waals surface area contributed by atoms with Gasteiger partial charge in [-0.3, -0.25) is 10.4 Å². The van der Waals surface area contributed by atoms with Crippen LogP contribution in [-0.2, 0) is 0 Å². The van der Waals surface area contributed by atoms with Gasteiger partial charge in [-0.15, -0.1) is 0 Å². The standard InChI is InChI=1S/C6H7N7O4/c14-11-3-4(8-1-7-3)12(15)6-5(11)9-2-10(6)13(16)17/h9,14-15H,1-2H2. The fourth-order valence-corrected chi connectivity index (χ4v) is 1.78. The maximum Gasteiger partial charge on any atom is 0.246 e. The number of nitro groups is 1. The molecular weight excluding hydrogens is 234 g/mol. The van der Waals surface area contributed by atoms with Gasteiger partial charge in [-0.2, -0.15) is 10.1 Å². The van der Waals surface area contributed by atoms with Crippen LogP contribution in [0, 0.1) is 10.1 Å². The quantitative estimate of drug-likeness (QED) is 0.367. The van der Waals surface area contributed by atoms with E-state index in [2.05, 4.69) is 15.3 Å². The van der Waals surface area contributed by atoms with Crippen LogP contribution >= 0.6 is 0 Å². The van der Waals surface area contributed by atoms with Crippen molar-refractivity contribution in [3.05, 3.63) is 21.8 Å². The lowest BCUT2D eigenvalue weighted by molar-refractivity contribution is -0.647. The molecule has 0 aromatic rings. The summed E-state index contributed by atoms with van der Waals surface area (Å²) in [5, 5.41) is 34.1. The third-order valence-corrected chi connectivity index (χ3v) is 2.50. The summed E-state index contributed by atoms with van der Waals surface area (Å²) in [6.45, 7) is -0.121. The highest BCUT2D eigenvalue weighted by molar-refractivity contribution is 6.41. The van der Waals surface area contributed by atoms with Crippen LogP contribution in [0.5, 0.6) is 0 Å². The minimum absolute atomic E-state index is 0.0104. The normalized spacial score (nSPS) is 22.1. The molecule has 3 rings (SSSR count). The van der Waals surface area contributed by atoms with Crippen molar-refractivity contribution in [2.24, 2.45) is 9.98 Å². The molecule has 11 heteroatoms. The van der Waals surface area contributed by atoms with Gasteiger partial charge < -0.3 is 5.32 Å². The average Bonchev–Trinajstić information content (AvgIpc) is 2.92. The van der Waals surface area contributed by atoms with Gasteiger partial charge in [-0.1, -0.05) is 5.01 Å². The first-order chi connectivity index (χ1) is 8.11. The summed E-state index contributed by atoms with van der Waals surface area (Å²) in [5.74, 6) is -0.188. The molecule has 0 saturated heterocycles. The Hall–Kier alpha value is -2.40. The monoisotopic (exact) mass is 241 g/mol. The molecule has 90 valence electrons. The Balaban J connectivity index is 2.10. The summed E-state index contributed by atoms with van der Waals surface area (Å²) < 4.78 is 0. The highest BCUT2D eigenvalue weighted by atomic mass is 16.7. The van der Waals surface area contributed by atoms with Crippen molar-refractivity contribution in [3.63, 3.8) is 0 Å². The van der Waals surface area contributed by atoms with Gasteiger partial charge in [-0.05, 0) is 0 Å². The zero-order valence-corrected chi connectivity index (χ0v) is 8.31. The summed E-state index contributed by atoms with van der Waals surface area (Å²) in [6, 6.07) is 0. The molecule has 0 saturated carbocycles. The minimum atomic E-state index is -0.704. The zero-order valence-electron chi connectivity index (χ0n) is 8.31. The van der Waals surface area contributed by atoms with E-state index in [1.165, 1.54) is 0 Å². The van der Waals surface area contributed by atoms with Gasteiger partial charge in [0.05, 0.1) is 0 Å². The second-order valence-electron chi connectivity index (χ2n) is 3.37. The number of aliphatic imine (C=N–C) groups is 2. The molecule has 0 aliphatic carbocycles. The van der Waals surface area contributed by atoms with Crippen molar-refractivity contribution in [1.29, 1.82) is 0 Å². The van der Waals surface area contributed by atoms with E-state index in [4.69, 9.17) is 0 Å². The number of hydroxylamine groups is 4. The van der Waals surface area contributed by atoms with E-state index in [9.17, 15) is 20.5 Å². The SMILES string of the molecule is O=[N+]([O-])N1CNC2=C1N(O)C1=NCN=C1N2O. The smallest absolute Gasteiger partial charge is 0.246 e. The zero-order chi connectivity index (χ0) is 12.2. The molecule has 0 fully saturated rings. The third-order valence-electron chi connectivity index (χ3n) is 2.50. The Bertz CT molecular complexity index is 497. The van der Waals surface area contributed by atoms with E-state index < -0.39 is 5.03 Å². The molecule has 0 aromatic carbocycles. The molecule has 17 heavy (non-hydrogen) atoms. The average molecular weight is 241 g/mol. The van der Waals surface area contributed by atoms with E-state index in [1.54, 1.807) is 0 Å². The third kappa shape index (κ3) is 1.11. The summed E-state index contributed by atoms with van der Waals surface area (Å²) in [5.41, 5.74) is 0. The number of hydrazine groups is 1. The fourth-order valence-electron chi connectivity index (χ4n) is 1.78. The van der Waals surface area contributed by atoms with Crippen LogP contribution in [0.4, 0.5) is 0 Å². The van der Waals surface area contributed by atoms with Gasteiger partial charge in [-0.25, -0.2) is 20.1 Å². The minimum Gasteiger partial charge on any atom is -0.344 e. The van der Waals surface area contributed by atoms with Crippen molar-refractivity contribution in [1.82, 2.24) is 20.5 Å². The molecule has 0 radical (unpaired) electrons. The number of rotatable bonds is 1. The lowest BCUT2D eigenvalue weighted by Crippen LogP contribution is -2.49. The lowest BCUT2D eigenvalue weighted by atomic mass is 10.4. The van der Waals surface area contributed by atoms with E-state index in [0.29, 0.717) is 15.1 Å². The molecule has 0 bridgehead atoms. The first kappa shape index (κ1) is 9.80. The number of hydrogen-bond acceptors (Lipinski definition) is 9. The second-order valence-corrected chi connectivity index (χ2v) is 3.37. The molecule has 3 heterocycles. The van der Waals surface area contributed by atoms with Crippen LogP contribution in [-0.4, -0.2) is 55.6 Å². The summed E-state index contributed by atoms with van der Waals surface area (Å²) >= 11 is 0. The highest BCUT2D eigenvalue weighted by Crippen LogP contribution is 2.27. The Morgan fingerprint density at radius 2 is 1.94 bits per heavy atom. The highest BCUT2D eigenvalue weighted by Gasteiger charge is 2.46. The van der Waals surface area contributed by atoms with Gasteiger partial charge in [0.1, 0.15) is 6.67 Å². The van der Waals surface area contributed by atoms with E-state index in [0.717, 1.165) is 0 Å².